The minimum atomic E-state index is 1.05. The summed E-state index contributed by atoms with van der Waals surface area (Å²) in [5.41, 5.74) is 4.22. The van der Waals surface area contributed by atoms with E-state index in [0.29, 0.717) is 0 Å². The third-order valence-corrected chi connectivity index (χ3v) is 4.16. The van der Waals surface area contributed by atoms with Gasteiger partial charge in [0.25, 0.3) is 0 Å². The average molecular weight is 257 g/mol. The van der Waals surface area contributed by atoms with Crippen LogP contribution in [0.5, 0.6) is 0 Å². The zero-order valence-corrected chi connectivity index (χ0v) is 11.9. The maximum Gasteiger partial charge on any atom is 0.0485 e. The number of aromatic nitrogens is 1. The molecule has 2 heterocycles. The highest BCUT2D eigenvalue weighted by atomic mass is 15.2. The van der Waals surface area contributed by atoms with Gasteiger partial charge in [-0.25, -0.2) is 0 Å². The second-order valence-corrected chi connectivity index (χ2v) is 5.41. The van der Waals surface area contributed by atoms with Crippen LogP contribution in [0.1, 0.15) is 18.2 Å². The molecule has 19 heavy (non-hydrogen) atoms. The van der Waals surface area contributed by atoms with Gasteiger partial charge < -0.3 is 9.88 Å². The molecule has 3 heteroatoms. The molecule has 1 aliphatic heterocycles. The Morgan fingerprint density at radius 2 is 2.00 bits per heavy atom. The number of fused-ring (bicyclic) bond motifs is 1. The third kappa shape index (κ3) is 2.40. The van der Waals surface area contributed by atoms with Gasteiger partial charge in [0, 0.05) is 55.9 Å². The van der Waals surface area contributed by atoms with E-state index in [1.807, 2.05) is 0 Å². The normalized spacial score (nSPS) is 17.2. The summed E-state index contributed by atoms with van der Waals surface area (Å²) in [6, 6.07) is 9.00. The zero-order chi connectivity index (χ0) is 13.2. The zero-order valence-electron chi connectivity index (χ0n) is 11.9. The summed E-state index contributed by atoms with van der Waals surface area (Å²) in [6.07, 6.45) is 0. The van der Waals surface area contributed by atoms with E-state index in [1.165, 1.54) is 22.2 Å². The van der Waals surface area contributed by atoms with E-state index >= 15 is 0 Å². The van der Waals surface area contributed by atoms with Crippen LogP contribution in [0.15, 0.2) is 24.3 Å². The number of nitrogens with one attached hydrogen (secondary N) is 1. The molecule has 1 saturated heterocycles. The van der Waals surface area contributed by atoms with E-state index in [2.05, 4.69) is 52.9 Å². The first-order chi connectivity index (χ1) is 9.29. The predicted molar refractivity (Wildman–Crippen MR) is 80.5 cm³/mol. The highest BCUT2D eigenvalue weighted by molar-refractivity contribution is 5.84. The van der Waals surface area contributed by atoms with Gasteiger partial charge in [0.15, 0.2) is 0 Å². The van der Waals surface area contributed by atoms with Gasteiger partial charge in [0.1, 0.15) is 0 Å². The smallest absolute Gasteiger partial charge is 0.0485 e. The molecule has 0 aliphatic carbocycles. The van der Waals surface area contributed by atoms with Gasteiger partial charge in [-0.2, -0.15) is 0 Å². The van der Waals surface area contributed by atoms with Crippen LogP contribution in [0.4, 0.5) is 0 Å². The van der Waals surface area contributed by atoms with Crippen molar-refractivity contribution in [1.82, 2.24) is 14.8 Å². The highest BCUT2D eigenvalue weighted by Crippen LogP contribution is 2.24. The van der Waals surface area contributed by atoms with Gasteiger partial charge in [-0.05, 0) is 31.5 Å². The Kier molecular flexibility index (Phi) is 3.58. The molecular formula is C16H23N3. The predicted octanol–water partition coefficient (Wildman–Crippen LogP) is 2.37. The molecule has 1 aliphatic rings. The second-order valence-electron chi connectivity index (χ2n) is 5.41. The SMILES string of the molecule is CCn1c(CN2CCNCC2)cc2c(C)cccc21. The molecule has 3 nitrogen and oxygen atoms in total. The van der Waals surface area contributed by atoms with E-state index in [9.17, 15) is 0 Å². The fourth-order valence-electron chi connectivity index (χ4n) is 3.09. The van der Waals surface area contributed by atoms with Crippen molar-refractivity contribution >= 4 is 10.9 Å². The minimum Gasteiger partial charge on any atom is -0.344 e. The van der Waals surface area contributed by atoms with Gasteiger partial charge in [0.05, 0.1) is 0 Å². The Bertz CT molecular complexity index is 565. The van der Waals surface area contributed by atoms with Crippen molar-refractivity contribution in [2.24, 2.45) is 0 Å². The molecule has 0 atom stereocenters. The van der Waals surface area contributed by atoms with Gasteiger partial charge in [-0.3, -0.25) is 4.90 Å². The van der Waals surface area contributed by atoms with Crippen LogP contribution in [0, 0.1) is 6.92 Å². The number of nitrogens with zero attached hydrogens (tertiary/aromatic N) is 2. The summed E-state index contributed by atoms with van der Waals surface area (Å²) >= 11 is 0. The number of rotatable bonds is 3. The molecular weight excluding hydrogens is 234 g/mol. The summed E-state index contributed by atoms with van der Waals surface area (Å²) in [5, 5.41) is 4.83. The lowest BCUT2D eigenvalue weighted by Crippen LogP contribution is -2.43. The van der Waals surface area contributed by atoms with Crippen LogP contribution in [0.2, 0.25) is 0 Å². The molecule has 0 saturated carbocycles. The van der Waals surface area contributed by atoms with Crippen LogP contribution in [0.3, 0.4) is 0 Å². The van der Waals surface area contributed by atoms with Crippen LogP contribution in [0.25, 0.3) is 10.9 Å². The lowest BCUT2D eigenvalue weighted by molar-refractivity contribution is 0.228. The van der Waals surface area contributed by atoms with Crippen molar-refractivity contribution in [1.29, 1.82) is 0 Å². The summed E-state index contributed by atoms with van der Waals surface area (Å²) in [4.78, 5) is 2.55. The Morgan fingerprint density at radius 3 is 2.74 bits per heavy atom. The lowest BCUT2D eigenvalue weighted by atomic mass is 10.1. The molecule has 0 unspecified atom stereocenters. The fraction of sp³-hybridized carbons (Fsp3) is 0.500. The number of aryl methyl sites for hydroxylation is 2. The van der Waals surface area contributed by atoms with Crippen molar-refractivity contribution < 1.29 is 0 Å². The molecule has 102 valence electrons. The Hall–Kier alpha value is -1.32. The first-order valence-electron chi connectivity index (χ1n) is 7.30. The second kappa shape index (κ2) is 5.35. The van der Waals surface area contributed by atoms with Crippen LogP contribution < -0.4 is 5.32 Å². The van der Waals surface area contributed by atoms with Crippen molar-refractivity contribution in [3.8, 4) is 0 Å². The van der Waals surface area contributed by atoms with E-state index in [1.54, 1.807) is 0 Å². The highest BCUT2D eigenvalue weighted by Gasteiger charge is 2.14. The van der Waals surface area contributed by atoms with Gasteiger partial charge in [0.2, 0.25) is 0 Å². The van der Waals surface area contributed by atoms with E-state index in [4.69, 9.17) is 0 Å². The first-order valence-corrected chi connectivity index (χ1v) is 7.30. The van der Waals surface area contributed by atoms with E-state index < -0.39 is 0 Å². The molecule has 1 N–H and O–H groups in total. The molecule has 1 aromatic carbocycles. The molecule has 0 radical (unpaired) electrons. The molecule has 0 bridgehead atoms. The largest absolute Gasteiger partial charge is 0.344 e. The summed E-state index contributed by atoms with van der Waals surface area (Å²) < 4.78 is 2.46. The third-order valence-electron chi connectivity index (χ3n) is 4.16. The van der Waals surface area contributed by atoms with Crippen molar-refractivity contribution in [2.75, 3.05) is 26.2 Å². The Labute approximate surface area is 115 Å². The van der Waals surface area contributed by atoms with Crippen molar-refractivity contribution in [3.05, 3.63) is 35.5 Å². The monoisotopic (exact) mass is 257 g/mol. The van der Waals surface area contributed by atoms with Crippen molar-refractivity contribution in [3.63, 3.8) is 0 Å². The lowest BCUT2D eigenvalue weighted by Gasteiger charge is -2.27. The minimum absolute atomic E-state index is 1.05. The maximum absolute atomic E-state index is 3.42. The molecule has 1 aromatic heterocycles. The van der Waals surface area contributed by atoms with E-state index in [-0.39, 0.29) is 0 Å². The fourth-order valence-corrected chi connectivity index (χ4v) is 3.09. The first kappa shape index (κ1) is 12.7. The van der Waals surface area contributed by atoms with Crippen LogP contribution in [-0.4, -0.2) is 35.6 Å². The quantitative estimate of drug-likeness (QED) is 0.911. The molecule has 0 amide bonds. The average Bonchev–Trinajstić information content (AvgIpc) is 2.79. The summed E-state index contributed by atoms with van der Waals surface area (Å²) in [5.74, 6) is 0. The number of benzene rings is 1. The summed E-state index contributed by atoms with van der Waals surface area (Å²) in [7, 11) is 0. The molecule has 1 fully saturated rings. The van der Waals surface area contributed by atoms with Crippen LogP contribution >= 0.6 is 0 Å². The molecule has 2 aromatic rings. The maximum atomic E-state index is 3.42. The number of piperazine rings is 1. The Morgan fingerprint density at radius 1 is 1.21 bits per heavy atom. The van der Waals surface area contributed by atoms with Crippen LogP contribution in [-0.2, 0) is 13.1 Å². The molecule has 3 rings (SSSR count). The van der Waals surface area contributed by atoms with Gasteiger partial charge in [-0.15, -0.1) is 0 Å². The number of hydrogen-bond acceptors (Lipinski definition) is 2. The standard InChI is InChI=1S/C16H23N3/c1-3-19-14(12-18-9-7-17-8-10-18)11-15-13(2)5-4-6-16(15)19/h4-6,11,17H,3,7-10,12H2,1-2H3. The van der Waals surface area contributed by atoms with Gasteiger partial charge in [-0.1, -0.05) is 12.1 Å². The van der Waals surface area contributed by atoms with Crippen molar-refractivity contribution in [2.45, 2.75) is 26.9 Å². The topological polar surface area (TPSA) is 20.2 Å². The Balaban J connectivity index is 1.95. The van der Waals surface area contributed by atoms with E-state index in [0.717, 1.165) is 39.3 Å². The van der Waals surface area contributed by atoms with Gasteiger partial charge >= 0.3 is 0 Å². The summed E-state index contributed by atoms with van der Waals surface area (Å²) in [6.45, 7) is 11.1. The number of hydrogen-bond donors (Lipinski definition) is 1. The molecule has 0 spiro atoms.